The van der Waals surface area contributed by atoms with E-state index in [-0.39, 0.29) is 16.9 Å². The summed E-state index contributed by atoms with van der Waals surface area (Å²) in [5, 5.41) is 20.7. The van der Waals surface area contributed by atoms with Gasteiger partial charge in [0, 0.05) is 28.5 Å². The molecule has 0 amide bonds. The topological polar surface area (TPSA) is 123 Å². The fraction of sp³-hybridized carbons (Fsp3) is 0.333. The lowest BCUT2D eigenvalue weighted by Gasteiger charge is -2.06. The van der Waals surface area contributed by atoms with E-state index in [1.165, 1.54) is 18.2 Å². The van der Waals surface area contributed by atoms with Gasteiger partial charge in [0.15, 0.2) is 6.61 Å². The van der Waals surface area contributed by atoms with Gasteiger partial charge in [-0.05, 0) is 33.3 Å². The second kappa shape index (κ2) is 7.49. The number of ether oxygens (including phenoxy) is 1. The molecular weight excluding hydrogens is 340 g/mol. The number of esters is 1. The molecule has 1 atom stereocenters. The van der Waals surface area contributed by atoms with Crippen LogP contribution in [-0.2, 0) is 4.74 Å². The van der Waals surface area contributed by atoms with Gasteiger partial charge in [-0.25, -0.2) is 4.79 Å². The van der Waals surface area contributed by atoms with Gasteiger partial charge in [0.1, 0.15) is 5.69 Å². The van der Waals surface area contributed by atoms with Crippen molar-refractivity contribution in [2.45, 2.75) is 33.8 Å². The Labute approximate surface area is 150 Å². The second-order valence-corrected chi connectivity index (χ2v) is 6.10. The number of aliphatic hydroxyl groups is 1. The van der Waals surface area contributed by atoms with Crippen LogP contribution in [0.1, 0.15) is 56.3 Å². The van der Waals surface area contributed by atoms with E-state index in [0.29, 0.717) is 22.4 Å². The van der Waals surface area contributed by atoms with Crippen molar-refractivity contribution in [3.8, 4) is 0 Å². The first-order valence-corrected chi connectivity index (χ1v) is 7.96. The first-order chi connectivity index (χ1) is 12.1. The number of H-pyrrole nitrogens is 1. The van der Waals surface area contributed by atoms with Crippen LogP contribution in [0.3, 0.4) is 0 Å². The number of carbonyl (C=O) groups excluding carboxylic acids is 2. The Hall–Kier alpha value is -3.00. The fourth-order valence-electron chi connectivity index (χ4n) is 2.86. The van der Waals surface area contributed by atoms with Gasteiger partial charge in [0.05, 0.1) is 11.0 Å². The third-order valence-corrected chi connectivity index (χ3v) is 4.18. The molecular formula is C18H20N2O6. The van der Waals surface area contributed by atoms with E-state index in [1.54, 1.807) is 27.7 Å². The summed E-state index contributed by atoms with van der Waals surface area (Å²) in [6, 6.07) is 4.09. The average Bonchev–Trinajstić information content (AvgIpc) is 2.87. The fourth-order valence-corrected chi connectivity index (χ4v) is 2.86. The highest BCUT2D eigenvalue weighted by atomic mass is 16.6. The van der Waals surface area contributed by atoms with Crippen LogP contribution in [0, 0.1) is 30.9 Å². The second-order valence-electron chi connectivity index (χ2n) is 6.10. The summed E-state index contributed by atoms with van der Waals surface area (Å²) in [7, 11) is 0. The molecule has 0 radical (unpaired) electrons. The van der Waals surface area contributed by atoms with Gasteiger partial charge < -0.3 is 14.8 Å². The minimum atomic E-state index is -0.748. The largest absolute Gasteiger partial charge is 0.453 e. The van der Waals surface area contributed by atoms with Gasteiger partial charge in [0.2, 0.25) is 5.78 Å². The number of ketones is 1. The monoisotopic (exact) mass is 360 g/mol. The number of benzene rings is 1. The van der Waals surface area contributed by atoms with E-state index in [0.717, 1.165) is 0 Å². The highest BCUT2D eigenvalue weighted by molar-refractivity contribution is 6.00. The summed E-state index contributed by atoms with van der Waals surface area (Å²) in [5.41, 5.74) is 2.34. The van der Waals surface area contributed by atoms with Gasteiger partial charge in [-0.15, -0.1) is 0 Å². The predicted octanol–water partition coefficient (Wildman–Crippen LogP) is 2.94. The van der Waals surface area contributed by atoms with Crippen LogP contribution in [0.5, 0.6) is 0 Å². The number of carbonyl (C=O) groups is 2. The van der Waals surface area contributed by atoms with E-state index in [1.807, 2.05) is 0 Å². The van der Waals surface area contributed by atoms with Crippen molar-refractivity contribution in [2.75, 3.05) is 6.61 Å². The maximum absolute atomic E-state index is 12.2. The molecule has 0 fully saturated rings. The van der Waals surface area contributed by atoms with Crippen molar-refractivity contribution in [1.29, 1.82) is 0 Å². The van der Waals surface area contributed by atoms with E-state index in [2.05, 4.69) is 4.98 Å². The maximum Gasteiger partial charge on any atom is 0.355 e. The number of rotatable bonds is 6. The third kappa shape index (κ3) is 3.80. The molecule has 2 rings (SSSR count). The van der Waals surface area contributed by atoms with E-state index in [9.17, 15) is 24.8 Å². The van der Waals surface area contributed by atoms with E-state index in [4.69, 9.17) is 4.74 Å². The Morgan fingerprint density at radius 1 is 1.31 bits per heavy atom. The molecule has 0 aliphatic rings. The third-order valence-electron chi connectivity index (χ3n) is 4.18. The minimum Gasteiger partial charge on any atom is -0.453 e. The summed E-state index contributed by atoms with van der Waals surface area (Å²) in [6.07, 6.45) is -0.748. The molecule has 0 unspecified atom stereocenters. The molecule has 26 heavy (non-hydrogen) atoms. The molecule has 1 aromatic heterocycles. The summed E-state index contributed by atoms with van der Waals surface area (Å²) >= 11 is 0. The van der Waals surface area contributed by atoms with Crippen LogP contribution in [0.2, 0.25) is 0 Å². The van der Waals surface area contributed by atoms with Crippen molar-refractivity contribution < 1.29 is 24.4 Å². The van der Waals surface area contributed by atoms with E-state index < -0.39 is 29.4 Å². The molecule has 0 saturated carbocycles. The number of hydrogen-bond acceptors (Lipinski definition) is 6. The van der Waals surface area contributed by atoms with Crippen molar-refractivity contribution >= 4 is 17.4 Å². The first-order valence-electron chi connectivity index (χ1n) is 7.96. The Morgan fingerprint density at radius 2 is 1.96 bits per heavy atom. The molecule has 8 nitrogen and oxygen atoms in total. The summed E-state index contributed by atoms with van der Waals surface area (Å²) in [5.74, 6) is -1.27. The number of nitrogens with zero attached hydrogens (tertiary/aromatic N) is 1. The van der Waals surface area contributed by atoms with Crippen molar-refractivity contribution in [1.82, 2.24) is 4.98 Å². The number of hydrogen-bond donors (Lipinski definition) is 2. The number of Topliss-reactive ketones (excluding diaryl/α,β-unsaturated/α-hetero) is 1. The predicted molar refractivity (Wildman–Crippen MR) is 93.3 cm³/mol. The number of nitrogens with one attached hydrogen (secondary N) is 1. The van der Waals surface area contributed by atoms with Gasteiger partial charge in [-0.1, -0.05) is 12.1 Å². The molecule has 0 aliphatic heterocycles. The number of nitro benzene ring substituents is 1. The molecule has 138 valence electrons. The zero-order valence-corrected chi connectivity index (χ0v) is 15.0. The van der Waals surface area contributed by atoms with Crippen LogP contribution in [-0.4, -0.2) is 33.4 Å². The number of aromatic amines is 1. The summed E-state index contributed by atoms with van der Waals surface area (Å²) in [4.78, 5) is 37.6. The standard InChI is InChI=1S/C18H20N2O6/c1-9-5-6-13(7-14(9)20(24)25)15(22)8-26-18(23)17-10(2)16(12(4)21)11(3)19-17/h5-7,12,19,21H,8H2,1-4H3/t12-/m1/s1. The maximum atomic E-state index is 12.2. The van der Waals surface area contributed by atoms with Crippen LogP contribution in [0.15, 0.2) is 18.2 Å². The quantitative estimate of drug-likeness (QED) is 0.353. The Bertz CT molecular complexity index is 882. The van der Waals surface area contributed by atoms with Gasteiger partial charge >= 0.3 is 5.97 Å². The molecule has 0 aliphatic carbocycles. The minimum absolute atomic E-state index is 0.0964. The molecule has 0 saturated heterocycles. The van der Waals surface area contributed by atoms with Crippen molar-refractivity contribution in [3.63, 3.8) is 0 Å². The zero-order chi connectivity index (χ0) is 19.6. The lowest BCUT2D eigenvalue weighted by molar-refractivity contribution is -0.385. The Kier molecular flexibility index (Phi) is 5.56. The first kappa shape index (κ1) is 19.3. The number of aryl methyl sites for hydroxylation is 2. The molecule has 1 heterocycles. The molecule has 2 N–H and O–H groups in total. The normalized spacial score (nSPS) is 11.9. The summed E-state index contributed by atoms with van der Waals surface area (Å²) in [6.45, 7) is 6.02. The SMILES string of the molecule is Cc1ccc(C(=O)COC(=O)c2[nH]c(C)c([C@@H](C)O)c2C)cc1[N+](=O)[O-]. The molecule has 8 heteroatoms. The van der Waals surface area contributed by atoms with Gasteiger partial charge in [-0.2, -0.15) is 0 Å². The molecule has 0 bridgehead atoms. The van der Waals surface area contributed by atoms with Crippen molar-refractivity contribution in [3.05, 3.63) is 62.0 Å². The molecule has 2 aromatic rings. The number of aromatic nitrogens is 1. The smallest absolute Gasteiger partial charge is 0.355 e. The van der Waals surface area contributed by atoms with Crippen molar-refractivity contribution in [2.24, 2.45) is 0 Å². The van der Waals surface area contributed by atoms with E-state index >= 15 is 0 Å². The summed E-state index contributed by atoms with van der Waals surface area (Å²) < 4.78 is 5.03. The average molecular weight is 360 g/mol. The van der Waals surface area contributed by atoms with Crippen LogP contribution in [0.4, 0.5) is 5.69 Å². The lowest BCUT2D eigenvalue weighted by Crippen LogP contribution is -2.15. The zero-order valence-electron chi connectivity index (χ0n) is 15.0. The van der Waals surface area contributed by atoms with Gasteiger partial charge in [0.25, 0.3) is 5.69 Å². The molecule has 1 aromatic carbocycles. The highest BCUT2D eigenvalue weighted by Gasteiger charge is 2.22. The lowest BCUT2D eigenvalue weighted by atomic mass is 10.1. The van der Waals surface area contributed by atoms with Gasteiger partial charge in [-0.3, -0.25) is 14.9 Å². The van der Waals surface area contributed by atoms with Crippen LogP contribution < -0.4 is 0 Å². The van der Waals surface area contributed by atoms with Crippen LogP contribution in [0.25, 0.3) is 0 Å². The van der Waals surface area contributed by atoms with Crippen LogP contribution >= 0.6 is 0 Å². The number of nitro groups is 1. The Balaban J connectivity index is 2.13. The highest BCUT2D eigenvalue weighted by Crippen LogP contribution is 2.25. The Morgan fingerprint density at radius 3 is 2.50 bits per heavy atom. The number of aliphatic hydroxyl groups excluding tert-OH is 1. The molecule has 0 spiro atoms.